The summed E-state index contributed by atoms with van der Waals surface area (Å²) >= 11 is 0. The average Bonchev–Trinajstić information content (AvgIpc) is 3.05. The van der Waals surface area contributed by atoms with Gasteiger partial charge in [0.1, 0.15) is 0 Å². The molecule has 0 N–H and O–H groups in total. The number of hydrogen-bond donors (Lipinski definition) is 0. The molecule has 0 spiro atoms. The summed E-state index contributed by atoms with van der Waals surface area (Å²) in [5.74, 6) is 0. The molecule has 23 heavy (non-hydrogen) atoms. The van der Waals surface area contributed by atoms with Crippen molar-refractivity contribution in [3.8, 4) is 5.69 Å². The first-order valence-corrected chi connectivity index (χ1v) is 8.90. The summed E-state index contributed by atoms with van der Waals surface area (Å²) in [5, 5.41) is 4.75. The van der Waals surface area contributed by atoms with Crippen molar-refractivity contribution < 1.29 is 0 Å². The SMILES string of the molecule is CC(C)(C)c1ccn(-c2cccc(CCN3CCCCC3)c2)n1. The lowest BCUT2D eigenvalue weighted by molar-refractivity contribution is 0.231. The summed E-state index contributed by atoms with van der Waals surface area (Å²) in [6.07, 6.45) is 7.33. The molecule has 0 saturated carbocycles. The molecule has 2 heterocycles. The van der Waals surface area contributed by atoms with Crippen LogP contribution in [0.4, 0.5) is 0 Å². The summed E-state index contributed by atoms with van der Waals surface area (Å²) in [6, 6.07) is 10.9. The minimum absolute atomic E-state index is 0.0944. The van der Waals surface area contributed by atoms with Crippen LogP contribution >= 0.6 is 0 Å². The molecule has 1 aliphatic rings. The Morgan fingerprint density at radius 3 is 2.52 bits per heavy atom. The number of rotatable bonds is 4. The zero-order valence-electron chi connectivity index (χ0n) is 14.8. The number of benzene rings is 1. The van der Waals surface area contributed by atoms with Gasteiger partial charge in [0.2, 0.25) is 0 Å². The van der Waals surface area contributed by atoms with Crippen LogP contribution in [0.3, 0.4) is 0 Å². The number of piperidine rings is 1. The normalized spacial score (nSPS) is 16.7. The van der Waals surface area contributed by atoms with Crippen LogP contribution in [0.25, 0.3) is 5.69 Å². The summed E-state index contributed by atoms with van der Waals surface area (Å²) in [6.45, 7) is 10.3. The molecule has 2 aromatic rings. The van der Waals surface area contributed by atoms with Crippen LogP contribution in [0.15, 0.2) is 36.5 Å². The number of nitrogens with zero attached hydrogens (tertiary/aromatic N) is 3. The lowest BCUT2D eigenvalue weighted by atomic mass is 9.93. The Kier molecular flexibility index (Phi) is 4.86. The summed E-state index contributed by atoms with van der Waals surface area (Å²) in [4.78, 5) is 2.60. The smallest absolute Gasteiger partial charge is 0.0682 e. The molecule has 1 aliphatic heterocycles. The van der Waals surface area contributed by atoms with E-state index in [1.165, 1.54) is 44.5 Å². The summed E-state index contributed by atoms with van der Waals surface area (Å²) < 4.78 is 2.00. The van der Waals surface area contributed by atoms with Crippen molar-refractivity contribution in [3.63, 3.8) is 0 Å². The highest BCUT2D eigenvalue weighted by molar-refractivity contribution is 5.36. The summed E-state index contributed by atoms with van der Waals surface area (Å²) in [7, 11) is 0. The Balaban J connectivity index is 1.68. The van der Waals surface area contributed by atoms with Crippen molar-refractivity contribution in [1.29, 1.82) is 0 Å². The van der Waals surface area contributed by atoms with Crippen LogP contribution in [0.5, 0.6) is 0 Å². The van der Waals surface area contributed by atoms with Crippen LogP contribution in [-0.4, -0.2) is 34.3 Å². The lowest BCUT2D eigenvalue weighted by Crippen LogP contribution is -2.31. The second kappa shape index (κ2) is 6.88. The molecular formula is C20H29N3. The first kappa shape index (κ1) is 16.3. The maximum absolute atomic E-state index is 4.75. The molecule has 3 rings (SSSR count). The van der Waals surface area contributed by atoms with Gasteiger partial charge in [-0.3, -0.25) is 0 Å². The van der Waals surface area contributed by atoms with Gasteiger partial charge in [0.15, 0.2) is 0 Å². The van der Waals surface area contributed by atoms with Gasteiger partial charge in [-0.1, -0.05) is 39.3 Å². The maximum Gasteiger partial charge on any atom is 0.0682 e. The number of hydrogen-bond acceptors (Lipinski definition) is 2. The highest BCUT2D eigenvalue weighted by atomic mass is 15.3. The second-order valence-electron chi connectivity index (χ2n) is 7.72. The average molecular weight is 311 g/mol. The third-order valence-electron chi connectivity index (χ3n) is 4.70. The molecule has 0 atom stereocenters. The van der Waals surface area contributed by atoms with Crippen molar-refractivity contribution >= 4 is 0 Å². The molecule has 124 valence electrons. The van der Waals surface area contributed by atoms with Crippen LogP contribution in [0.1, 0.15) is 51.3 Å². The molecule has 1 aromatic carbocycles. The van der Waals surface area contributed by atoms with Crippen LogP contribution in [-0.2, 0) is 11.8 Å². The van der Waals surface area contributed by atoms with Gasteiger partial charge in [-0.05, 0) is 56.1 Å². The quantitative estimate of drug-likeness (QED) is 0.844. The Morgan fingerprint density at radius 1 is 1.04 bits per heavy atom. The fourth-order valence-corrected chi connectivity index (χ4v) is 3.19. The monoisotopic (exact) mass is 311 g/mol. The van der Waals surface area contributed by atoms with E-state index in [4.69, 9.17) is 5.10 Å². The van der Waals surface area contributed by atoms with E-state index in [1.54, 1.807) is 0 Å². The van der Waals surface area contributed by atoms with Crippen molar-refractivity contribution in [3.05, 3.63) is 47.8 Å². The van der Waals surface area contributed by atoms with E-state index >= 15 is 0 Å². The molecule has 0 amide bonds. The Morgan fingerprint density at radius 2 is 1.83 bits per heavy atom. The van der Waals surface area contributed by atoms with Gasteiger partial charge in [-0.2, -0.15) is 5.10 Å². The van der Waals surface area contributed by atoms with E-state index in [9.17, 15) is 0 Å². The predicted molar refractivity (Wildman–Crippen MR) is 96.3 cm³/mol. The van der Waals surface area contributed by atoms with Gasteiger partial charge >= 0.3 is 0 Å². The number of likely N-dealkylation sites (tertiary alicyclic amines) is 1. The molecule has 0 aliphatic carbocycles. The standard InChI is InChI=1S/C20H29N3/c1-20(2,3)19-11-15-23(21-19)18-9-7-8-17(16-18)10-14-22-12-5-4-6-13-22/h7-9,11,15-16H,4-6,10,12-14H2,1-3H3. The highest BCUT2D eigenvalue weighted by Crippen LogP contribution is 2.21. The molecule has 0 radical (unpaired) electrons. The van der Waals surface area contributed by atoms with Gasteiger partial charge < -0.3 is 4.90 Å². The minimum Gasteiger partial charge on any atom is -0.303 e. The van der Waals surface area contributed by atoms with E-state index in [0.29, 0.717) is 0 Å². The molecule has 3 heteroatoms. The fourth-order valence-electron chi connectivity index (χ4n) is 3.19. The molecule has 1 aromatic heterocycles. The Hall–Kier alpha value is -1.61. The first-order chi connectivity index (χ1) is 11.0. The Labute approximate surface area is 140 Å². The molecule has 0 bridgehead atoms. The Bertz CT molecular complexity index is 630. The first-order valence-electron chi connectivity index (χ1n) is 8.90. The highest BCUT2D eigenvalue weighted by Gasteiger charge is 2.17. The van der Waals surface area contributed by atoms with Crippen LogP contribution in [0.2, 0.25) is 0 Å². The predicted octanol–water partition coefficient (Wildman–Crippen LogP) is 4.20. The maximum atomic E-state index is 4.75. The second-order valence-corrected chi connectivity index (χ2v) is 7.72. The van der Waals surface area contributed by atoms with Crippen molar-refractivity contribution in [1.82, 2.24) is 14.7 Å². The molecule has 0 unspecified atom stereocenters. The van der Waals surface area contributed by atoms with Crippen LogP contribution in [0, 0.1) is 0 Å². The van der Waals surface area contributed by atoms with Crippen LogP contribution < -0.4 is 0 Å². The zero-order valence-corrected chi connectivity index (χ0v) is 14.8. The van der Waals surface area contributed by atoms with E-state index in [1.807, 2.05) is 4.68 Å². The lowest BCUT2D eigenvalue weighted by Gasteiger charge is -2.26. The topological polar surface area (TPSA) is 21.1 Å². The van der Waals surface area contributed by atoms with Crippen molar-refractivity contribution in [2.45, 2.75) is 51.9 Å². The van der Waals surface area contributed by atoms with Gasteiger partial charge in [0, 0.05) is 18.2 Å². The van der Waals surface area contributed by atoms with Crippen molar-refractivity contribution in [2.75, 3.05) is 19.6 Å². The molecule has 1 saturated heterocycles. The molecular weight excluding hydrogens is 282 g/mol. The molecule has 1 fully saturated rings. The van der Waals surface area contributed by atoms with Gasteiger partial charge in [-0.15, -0.1) is 0 Å². The van der Waals surface area contributed by atoms with Crippen molar-refractivity contribution in [2.24, 2.45) is 0 Å². The van der Waals surface area contributed by atoms with Gasteiger partial charge in [0.05, 0.1) is 11.4 Å². The zero-order chi connectivity index (χ0) is 16.3. The van der Waals surface area contributed by atoms with Gasteiger partial charge in [0.25, 0.3) is 0 Å². The third kappa shape index (κ3) is 4.23. The third-order valence-corrected chi connectivity index (χ3v) is 4.70. The van der Waals surface area contributed by atoms with E-state index in [-0.39, 0.29) is 5.41 Å². The van der Waals surface area contributed by atoms with E-state index < -0.39 is 0 Å². The number of aromatic nitrogens is 2. The fraction of sp³-hybridized carbons (Fsp3) is 0.550. The minimum atomic E-state index is 0.0944. The summed E-state index contributed by atoms with van der Waals surface area (Å²) in [5.41, 5.74) is 3.80. The van der Waals surface area contributed by atoms with Gasteiger partial charge in [-0.25, -0.2) is 4.68 Å². The van der Waals surface area contributed by atoms with E-state index in [0.717, 1.165) is 17.8 Å². The molecule has 3 nitrogen and oxygen atoms in total. The van der Waals surface area contributed by atoms with E-state index in [2.05, 4.69) is 62.2 Å². The largest absolute Gasteiger partial charge is 0.303 e.